The van der Waals surface area contributed by atoms with E-state index in [1.807, 2.05) is 11.9 Å². The van der Waals surface area contributed by atoms with Gasteiger partial charge in [-0.2, -0.15) is 18.3 Å². The van der Waals surface area contributed by atoms with Crippen LogP contribution in [0.5, 0.6) is 0 Å². The zero-order valence-electron chi connectivity index (χ0n) is 12.5. The van der Waals surface area contributed by atoms with E-state index in [9.17, 15) is 13.2 Å². The largest absolute Gasteiger partial charge is 0.445 e. The predicted octanol–water partition coefficient (Wildman–Crippen LogP) is 1.40. The van der Waals surface area contributed by atoms with Crippen molar-refractivity contribution in [3.8, 4) is 0 Å². The molecule has 0 saturated carbocycles. The van der Waals surface area contributed by atoms with Gasteiger partial charge in [0.05, 0.1) is 6.54 Å². The maximum Gasteiger partial charge on any atom is 0.445 e. The molecule has 2 aromatic heterocycles. The van der Waals surface area contributed by atoms with E-state index in [0.717, 1.165) is 25.3 Å². The first-order chi connectivity index (χ1) is 10.9. The fourth-order valence-electron chi connectivity index (χ4n) is 2.44. The Balaban J connectivity index is 1.62. The third kappa shape index (κ3) is 3.78. The van der Waals surface area contributed by atoms with Crippen molar-refractivity contribution in [3.63, 3.8) is 0 Å². The summed E-state index contributed by atoms with van der Waals surface area (Å²) in [5.41, 5.74) is 0. The Kier molecular flexibility index (Phi) is 4.48. The third-order valence-corrected chi connectivity index (χ3v) is 4.71. The highest BCUT2D eigenvalue weighted by atomic mass is 32.1. The summed E-state index contributed by atoms with van der Waals surface area (Å²) >= 11 is 0.598. The molecule has 1 fully saturated rings. The fourth-order valence-corrected chi connectivity index (χ4v) is 3.21. The van der Waals surface area contributed by atoms with E-state index in [-0.39, 0.29) is 0 Å². The second kappa shape index (κ2) is 6.40. The lowest BCUT2D eigenvalue weighted by molar-refractivity contribution is -0.138. The van der Waals surface area contributed by atoms with Gasteiger partial charge in [0.25, 0.3) is 0 Å². The van der Waals surface area contributed by atoms with Crippen molar-refractivity contribution in [2.45, 2.75) is 19.1 Å². The summed E-state index contributed by atoms with van der Waals surface area (Å²) in [6, 6.07) is 0. The molecule has 0 spiro atoms. The number of anilines is 1. The van der Waals surface area contributed by atoms with Gasteiger partial charge in [-0.15, -0.1) is 10.2 Å². The Morgan fingerprint density at radius 1 is 1.17 bits per heavy atom. The Bertz CT molecular complexity index is 653. The molecule has 0 bridgehead atoms. The molecule has 3 heterocycles. The number of nitrogens with zero attached hydrogens (tertiary/aromatic N) is 7. The molecule has 0 unspecified atom stereocenters. The van der Waals surface area contributed by atoms with Gasteiger partial charge in [-0.25, -0.2) is 4.98 Å². The van der Waals surface area contributed by atoms with Crippen molar-refractivity contribution in [1.82, 2.24) is 29.9 Å². The molecular formula is C12H16F3N7S. The fraction of sp³-hybridized carbons (Fsp3) is 0.667. The van der Waals surface area contributed by atoms with Crippen molar-refractivity contribution in [2.75, 3.05) is 31.1 Å². The van der Waals surface area contributed by atoms with Crippen LogP contribution in [0.4, 0.5) is 18.3 Å². The second-order valence-corrected chi connectivity index (χ2v) is 6.26. The molecule has 0 radical (unpaired) electrons. The van der Waals surface area contributed by atoms with Crippen LogP contribution in [-0.2, 0) is 19.8 Å². The van der Waals surface area contributed by atoms with E-state index in [0.29, 0.717) is 36.1 Å². The number of rotatable bonds is 3. The summed E-state index contributed by atoms with van der Waals surface area (Å²) < 4.78 is 39.6. The van der Waals surface area contributed by atoms with Gasteiger partial charge in [0.1, 0.15) is 12.2 Å². The first-order valence-electron chi connectivity index (χ1n) is 7.14. The summed E-state index contributed by atoms with van der Waals surface area (Å²) in [4.78, 5) is 8.28. The minimum absolute atomic E-state index is 0.331. The number of halogens is 3. The van der Waals surface area contributed by atoms with Gasteiger partial charge in [0, 0.05) is 33.2 Å². The lowest BCUT2D eigenvalue weighted by atomic mass is 10.4. The van der Waals surface area contributed by atoms with Crippen LogP contribution in [0.2, 0.25) is 0 Å². The summed E-state index contributed by atoms with van der Waals surface area (Å²) in [5, 5.41) is 10.4. The molecule has 0 N–H and O–H groups in total. The summed E-state index contributed by atoms with van der Waals surface area (Å²) in [5.74, 6) is 0.869. The molecule has 0 amide bonds. The number of aryl methyl sites for hydroxylation is 1. The van der Waals surface area contributed by atoms with Crippen molar-refractivity contribution in [3.05, 3.63) is 17.2 Å². The first-order valence-corrected chi connectivity index (χ1v) is 7.96. The number of aromatic nitrogens is 5. The van der Waals surface area contributed by atoms with Crippen LogP contribution in [0.25, 0.3) is 0 Å². The zero-order chi connectivity index (χ0) is 16.4. The minimum atomic E-state index is -4.43. The van der Waals surface area contributed by atoms with Crippen molar-refractivity contribution < 1.29 is 13.2 Å². The molecule has 126 valence electrons. The standard InChI is InChI=1S/C12H16F3N7S/c1-20-9(16-8-17-20)7-21-3-2-4-22(6-5-21)11-19-18-10(23-11)12(13,14)15/h8H,2-7H2,1H3. The number of alkyl halides is 3. The van der Waals surface area contributed by atoms with E-state index in [2.05, 4.69) is 25.2 Å². The van der Waals surface area contributed by atoms with E-state index in [4.69, 9.17) is 0 Å². The summed E-state index contributed by atoms with van der Waals surface area (Å²) in [6.07, 6.45) is -2.07. The molecule has 1 aliphatic heterocycles. The Morgan fingerprint density at radius 3 is 2.65 bits per heavy atom. The number of hydrogen-bond donors (Lipinski definition) is 0. The van der Waals surface area contributed by atoms with E-state index in [1.54, 1.807) is 4.68 Å². The monoisotopic (exact) mass is 347 g/mol. The first kappa shape index (κ1) is 16.1. The molecule has 11 heteroatoms. The predicted molar refractivity (Wildman–Crippen MR) is 78.0 cm³/mol. The topological polar surface area (TPSA) is 63.0 Å². The van der Waals surface area contributed by atoms with Crippen LogP contribution >= 0.6 is 11.3 Å². The van der Waals surface area contributed by atoms with E-state index < -0.39 is 11.2 Å². The van der Waals surface area contributed by atoms with E-state index >= 15 is 0 Å². The summed E-state index contributed by atoms with van der Waals surface area (Å²) in [7, 11) is 1.84. The average Bonchev–Trinajstić information content (AvgIpc) is 3.06. The van der Waals surface area contributed by atoms with Crippen LogP contribution in [0.15, 0.2) is 6.33 Å². The van der Waals surface area contributed by atoms with Crippen LogP contribution in [-0.4, -0.2) is 56.0 Å². The van der Waals surface area contributed by atoms with Crippen molar-refractivity contribution in [1.29, 1.82) is 0 Å². The Hall–Kier alpha value is -1.75. The Labute approximate surface area is 134 Å². The van der Waals surface area contributed by atoms with Crippen LogP contribution in [0.1, 0.15) is 17.3 Å². The maximum absolute atomic E-state index is 12.6. The normalized spacial score (nSPS) is 17.5. The van der Waals surface area contributed by atoms with Gasteiger partial charge in [-0.3, -0.25) is 9.58 Å². The molecule has 0 atom stereocenters. The Morgan fingerprint density at radius 2 is 2.00 bits per heavy atom. The molecule has 7 nitrogen and oxygen atoms in total. The molecule has 3 rings (SSSR count). The van der Waals surface area contributed by atoms with Gasteiger partial charge in [0.2, 0.25) is 10.1 Å². The molecule has 1 aliphatic rings. The highest BCUT2D eigenvalue weighted by molar-refractivity contribution is 7.15. The molecular weight excluding hydrogens is 331 g/mol. The number of hydrogen-bond acceptors (Lipinski definition) is 7. The van der Waals surface area contributed by atoms with Crippen LogP contribution in [0, 0.1) is 0 Å². The molecule has 1 saturated heterocycles. The minimum Gasteiger partial charge on any atom is -0.345 e. The molecule has 23 heavy (non-hydrogen) atoms. The molecule has 0 aromatic carbocycles. The van der Waals surface area contributed by atoms with Gasteiger partial charge in [-0.1, -0.05) is 11.3 Å². The maximum atomic E-state index is 12.6. The lowest BCUT2D eigenvalue weighted by Crippen LogP contribution is -2.31. The SMILES string of the molecule is Cn1ncnc1CN1CCCN(c2nnc(C(F)(F)F)s2)CC1. The molecule has 0 aliphatic carbocycles. The van der Waals surface area contributed by atoms with Crippen molar-refractivity contribution in [2.24, 2.45) is 7.05 Å². The summed E-state index contributed by atoms with van der Waals surface area (Å²) in [6.45, 7) is 3.54. The third-order valence-electron chi connectivity index (χ3n) is 3.69. The molecule has 2 aromatic rings. The average molecular weight is 347 g/mol. The van der Waals surface area contributed by atoms with Gasteiger partial charge in [0.15, 0.2) is 0 Å². The lowest BCUT2D eigenvalue weighted by Gasteiger charge is -2.20. The van der Waals surface area contributed by atoms with Crippen LogP contribution in [0.3, 0.4) is 0 Å². The van der Waals surface area contributed by atoms with Crippen LogP contribution < -0.4 is 4.90 Å². The zero-order valence-corrected chi connectivity index (χ0v) is 13.3. The van der Waals surface area contributed by atoms with Crippen molar-refractivity contribution >= 4 is 16.5 Å². The van der Waals surface area contributed by atoms with Gasteiger partial charge < -0.3 is 4.90 Å². The second-order valence-electron chi connectivity index (χ2n) is 5.30. The van der Waals surface area contributed by atoms with Gasteiger partial charge >= 0.3 is 6.18 Å². The van der Waals surface area contributed by atoms with Gasteiger partial charge in [-0.05, 0) is 6.42 Å². The quantitative estimate of drug-likeness (QED) is 0.836. The van der Waals surface area contributed by atoms with E-state index in [1.165, 1.54) is 6.33 Å². The highest BCUT2D eigenvalue weighted by Gasteiger charge is 2.36. The smallest absolute Gasteiger partial charge is 0.345 e. The highest BCUT2D eigenvalue weighted by Crippen LogP contribution is 2.34.